The summed E-state index contributed by atoms with van der Waals surface area (Å²) in [6, 6.07) is 13.8. The lowest BCUT2D eigenvalue weighted by atomic mass is 10.1. The van der Waals surface area contributed by atoms with Crippen molar-refractivity contribution in [2.75, 3.05) is 19.4 Å². The minimum absolute atomic E-state index is 0.0225. The minimum Gasteiger partial charge on any atom is -0.496 e. The third kappa shape index (κ3) is 5.76. The number of rotatable bonds is 9. The topological polar surface area (TPSA) is 67.4 Å². The molecule has 1 aliphatic rings. The van der Waals surface area contributed by atoms with Gasteiger partial charge in [0.05, 0.1) is 18.4 Å². The lowest BCUT2D eigenvalue weighted by Crippen LogP contribution is -2.28. The molecule has 2 aromatic carbocycles. The van der Waals surface area contributed by atoms with Crippen LogP contribution in [0.3, 0.4) is 0 Å². The van der Waals surface area contributed by atoms with Gasteiger partial charge in [0, 0.05) is 17.5 Å². The van der Waals surface area contributed by atoms with E-state index in [0.717, 1.165) is 34.6 Å². The van der Waals surface area contributed by atoms with Gasteiger partial charge in [0.1, 0.15) is 5.75 Å². The van der Waals surface area contributed by atoms with E-state index in [2.05, 4.69) is 16.7 Å². The normalized spacial score (nSPS) is 13.1. The van der Waals surface area contributed by atoms with Crippen LogP contribution < -0.4 is 15.4 Å². The Kier molecular flexibility index (Phi) is 6.98. The molecule has 5 nitrogen and oxygen atoms in total. The Morgan fingerprint density at radius 3 is 2.71 bits per heavy atom. The van der Waals surface area contributed by atoms with Crippen LogP contribution in [0.25, 0.3) is 0 Å². The Balaban J connectivity index is 1.55. The van der Waals surface area contributed by atoms with Crippen LogP contribution in [0.2, 0.25) is 0 Å². The molecular weight excluding hydrogens is 372 g/mol. The zero-order valence-corrected chi connectivity index (χ0v) is 17.1. The molecule has 0 saturated heterocycles. The summed E-state index contributed by atoms with van der Waals surface area (Å²) in [7, 11) is 1.65. The average Bonchev–Trinajstić information content (AvgIpc) is 3.50. The fraction of sp³-hybridized carbons (Fsp3) is 0.364. The highest BCUT2D eigenvalue weighted by atomic mass is 32.2. The first-order valence-corrected chi connectivity index (χ1v) is 10.5. The van der Waals surface area contributed by atoms with Crippen LogP contribution in [0.5, 0.6) is 5.75 Å². The first-order valence-electron chi connectivity index (χ1n) is 9.49. The van der Waals surface area contributed by atoms with Crippen LogP contribution in [-0.2, 0) is 11.2 Å². The molecule has 2 amide bonds. The fourth-order valence-electron chi connectivity index (χ4n) is 2.93. The number of hydrogen-bond donors (Lipinski definition) is 2. The number of thioether (sulfide) groups is 1. The van der Waals surface area contributed by atoms with Crippen LogP contribution >= 0.6 is 11.8 Å². The summed E-state index contributed by atoms with van der Waals surface area (Å²) in [5, 5.41) is 5.95. The Bertz CT molecular complexity index is 849. The van der Waals surface area contributed by atoms with Crippen molar-refractivity contribution >= 4 is 23.6 Å². The van der Waals surface area contributed by atoms with E-state index in [4.69, 9.17) is 4.74 Å². The van der Waals surface area contributed by atoms with Gasteiger partial charge in [0.2, 0.25) is 5.91 Å². The highest BCUT2D eigenvalue weighted by Crippen LogP contribution is 2.24. The maximum Gasteiger partial charge on any atom is 0.252 e. The van der Waals surface area contributed by atoms with Crippen molar-refractivity contribution < 1.29 is 14.3 Å². The van der Waals surface area contributed by atoms with Gasteiger partial charge < -0.3 is 15.4 Å². The number of carbonyl (C=O) groups excluding carboxylic acids is 2. The Morgan fingerprint density at radius 2 is 1.96 bits per heavy atom. The van der Waals surface area contributed by atoms with Crippen LogP contribution in [0.4, 0.5) is 0 Å². The van der Waals surface area contributed by atoms with Crippen molar-refractivity contribution in [3.63, 3.8) is 0 Å². The molecule has 3 rings (SSSR count). The molecule has 6 heteroatoms. The maximum absolute atomic E-state index is 12.7. The van der Waals surface area contributed by atoms with Gasteiger partial charge in [-0.05, 0) is 49.9 Å². The van der Waals surface area contributed by atoms with Gasteiger partial charge in [-0.15, -0.1) is 11.8 Å². The number of benzene rings is 2. The van der Waals surface area contributed by atoms with Gasteiger partial charge in [0.15, 0.2) is 0 Å². The molecule has 1 saturated carbocycles. The van der Waals surface area contributed by atoms with Gasteiger partial charge in [0.25, 0.3) is 5.91 Å². The third-order valence-corrected chi connectivity index (χ3v) is 5.62. The summed E-state index contributed by atoms with van der Waals surface area (Å²) in [6.45, 7) is 2.55. The molecule has 0 bridgehead atoms. The Labute approximate surface area is 170 Å². The molecule has 0 radical (unpaired) electrons. The SMILES string of the molecule is COc1ccc(C)cc1CCNC(=O)c1ccccc1SCC(=O)NC1CC1. The Morgan fingerprint density at radius 1 is 1.18 bits per heavy atom. The van der Waals surface area contributed by atoms with E-state index in [0.29, 0.717) is 30.3 Å². The van der Waals surface area contributed by atoms with Gasteiger partial charge in [-0.1, -0.05) is 29.8 Å². The van der Waals surface area contributed by atoms with Crippen molar-refractivity contribution in [1.29, 1.82) is 0 Å². The zero-order chi connectivity index (χ0) is 19.9. The summed E-state index contributed by atoms with van der Waals surface area (Å²) >= 11 is 1.40. The molecule has 28 heavy (non-hydrogen) atoms. The van der Waals surface area contributed by atoms with E-state index >= 15 is 0 Å². The number of methoxy groups -OCH3 is 1. The largest absolute Gasteiger partial charge is 0.496 e. The molecule has 0 heterocycles. The highest BCUT2D eigenvalue weighted by Gasteiger charge is 2.23. The standard InChI is InChI=1S/C22H26N2O3S/c1-15-7-10-19(27-2)16(13-15)11-12-23-22(26)18-5-3-4-6-20(18)28-14-21(25)24-17-8-9-17/h3-7,10,13,17H,8-9,11-12,14H2,1-2H3,(H,23,26)(H,24,25). The molecule has 1 aliphatic carbocycles. The summed E-state index contributed by atoms with van der Waals surface area (Å²) in [5.41, 5.74) is 2.83. The maximum atomic E-state index is 12.7. The molecule has 148 valence electrons. The minimum atomic E-state index is -0.127. The molecule has 0 spiro atoms. The smallest absolute Gasteiger partial charge is 0.252 e. The lowest BCUT2D eigenvalue weighted by Gasteiger charge is -2.12. The second-order valence-electron chi connectivity index (χ2n) is 6.95. The van der Waals surface area contributed by atoms with Gasteiger partial charge in [-0.25, -0.2) is 0 Å². The fourth-order valence-corrected chi connectivity index (χ4v) is 3.79. The monoisotopic (exact) mass is 398 g/mol. The molecule has 0 unspecified atom stereocenters. The van der Waals surface area contributed by atoms with Crippen LogP contribution in [0.15, 0.2) is 47.4 Å². The van der Waals surface area contributed by atoms with Crippen molar-refractivity contribution in [3.05, 3.63) is 59.2 Å². The van der Waals surface area contributed by atoms with Crippen molar-refractivity contribution in [3.8, 4) is 5.75 Å². The van der Waals surface area contributed by atoms with Crippen molar-refractivity contribution in [2.24, 2.45) is 0 Å². The van der Waals surface area contributed by atoms with E-state index in [9.17, 15) is 9.59 Å². The molecule has 0 aliphatic heterocycles. The summed E-state index contributed by atoms with van der Waals surface area (Å²) in [5.74, 6) is 1.05. The molecule has 0 atom stereocenters. The first-order chi connectivity index (χ1) is 13.6. The molecule has 1 fully saturated rings. The molecule has 2 aromatic rings. The van der Waals surface area contributed by atoms with Crippen LogP contribution in [0, 0.1) is 6.92 Å². The Hall–Kier alpha value is -2.47. The lowest BCUT2D eigenvalue weighted by molar-refractivity contribution is -0.118. The van der Waals surface area contributed by atoms with Gasteiger partial charge in [-0.2, -0.15) is 0 Å². The number of carbonyl (C=O) groups is 2. The molecule has 2 N–H and O–H groups in total. The third-order valence-electron chi connectivity index (χ3n) is 4.55. The number of aryl methyl sites for hydroxylation is 1. The van der Waals surface area contributed by atoms with E-state index in [1.165, 1.54) is 11.8 Å². The van der Waals surface area contributed by atoms with Crippen LogP contribution in [-0.4, -0.2) is 37.3 Å². The van der Waals surface area contributed by atoms with E-state index in [-0.39, 0.29) is 11.8 Å². The second-order valence-corrected chi connectivity index (χ2v) is 7.97. The van der Waals surface area contributed by atoms with Gasteiger partial charge in [-0.3, -0.25) is 9.59 Å². The quantitative estimate of drug-likeness (QED) is 0.636. The summed E-state index contributed by atoms with van der Waals surface area (Å²) in [4.78, 5) is 25.4. The predicted molar refractivity (Wildman–Crippen MR) is 112 cm³/mol. The number of amides is 2. The second kappa shape index (κ2) is 9.64. The molecule has 0 aromatic heterocycles. The average molecular weight is 399 g/mol. The number of hydrogen-bond acceptors (Lipinski definition) is 4. The number of ether oxygens (including phenoxy) is 1. The molecular formula is C22H26N2O3S. The van der Waals surface area contributed by atoms with Crippen molar-refractivity contribution in [2.45, 2.75) is 37.1 Å². The van der Waals surface area contributed by atoms with Crippen LogP contribution in [0.1, 0.15) is 34.3 Å². The van der Waals surface area contributed by atoms with E-state index < -0.39 is 0 Å². The predicted octanol–water partition coefficient (Wildman–Crippen LogP) is 3.35. The number of nitrogens with one attached hydrogen (secondary N) is 2. The van der Waals surface area contributed by atoms with Gasteiger partial charge >= 0.3 is 0 Å². The summed E-state index contributed by atoms with van der Waals surface area (Å²) < 4.78 is 5.39. The van der Waals surface area contributed by atoms with E-state index in [1.807, 2.05) is 37.3 Å². The summed E-state index contributed by atoms with van der Waals surface area (Å²) in [6.07, 6.45) is 2.83. The van der Waals surface area contributed by atoms with E-state index in [1.54, 1.807) is 13.2 Å². The highest BCUT2D eigenvalue weighted by molar-refractivity contribution is 8.00. The first kappa shape index (κ1) is 20.3. The van der Waals surface area contributed by atoms with Crippen molar-refractivity contribution in [1.82, 2.24) is 10.6 Å². The zero-order valence-electron chi connectivity index (χ0n) is 16.3.